The van der Waals surface area contributed by atoms with E-state index in [0.717, 1.165) is 44.1 Å². The van der Waals surface area contributed by atoms with E-state index in [9.17, 15) is 0 Å². The summed E-state index contributed by atoms with van der Waals surface area (Å²) in [7, 11) is 0. The standard InChI is InChI=1S/C13H26N2O/c14-7-12-3-1-2-4-13(12)9-15-8-11-5-6-16-10-11/h11-13,15H,1-10,14H2. The van der Waals surface area contributed by atoms with Crippen molar-refractivity contribution in [2.24, 2.45) is 23.5 Å². The number of hydrogen-bond acceptors (Lipinski definition) is 3. The molecule has 2 aliphatic rings. The predicted octanol–water partition coefficient (Wildman–Crippen LogP) is 1.38. The molecule has 3 nitrogen and oxygen atoms in total. The van der Waals surface area contributed by atoms with E-state index in [-0.39, 0.29) is 0 Å². The second-order valence-corrected chi connectivity index (χ2v) is 5.43. The van der Waals surface area contributed by atoms with Crippen LogP contribution in [0.1, 0.15) is 32.1 Å². The van der Waals surface area contributed by atoms with E-state index in [0.29, 0.717) is 0 Å². The van der Waals surface area contributed by atoms with Crippen LogP contribution in [0.15, 0.2) is 0 Å². The second kappa shape index (κ2) is 6.58. The first-order valence-corrected chi connectivity index (χ1v) is 6.88. The lowest BCUT2D eigenvalue weighted by atomic mass is 9.79. The molecule has 0 aromatic rings. The van der Waals surface area contributed by atoms with Gasteiger partial charge in [-0.1, -0.05) is 12.8 Å². The molecule has 0 bridgehead atoms. The van der Waals surface area contributed by atoms with Gasteiger partial charge in [0.05, 0.1) is 6.61 Å². The minimum atomic E-state index is 0.750. The van der Waals surface area contributed by atoms with Crippen molar-refractivity contribution in [3.05, 3.63) is 0 Å². The first-order chi connectivity index (χ1) is 7.90. The van der Waals surface area contributed by atoms with Crippen LogP contribution in [0, 0.1) is 17.8 Å². The van der Waals surface area contributed by atoms with E-state index in [4.69, 9.17) is 10.5 Å². The average Bonchev–Trinajstić information content (AvgIpc) is 2.83. The third-order valence-electron chi connectivity index (χ3n) is 4.23. The number of ether oxygens (including phenoxy) is 1. The van der Waals surface area contributed by atoms with Gasteiger partial charge in [-0.3, -0.25) is 0 Å². The molecule has 1 saturated carbocycles. The summed E-state index contributed by atoms with van der Waals surface area (Å²) in [6.07, 6.45) is 6.73. The van der Waals surface area contributed by atoms with Gasteiger partial charge < -0.3 is 15.8 Å². The number of nitrogens with two attached hydrogens (primary N) is 1. The zero-order valence-corrected chi connectivity index (χ0v) is 10.3. The van der Waals surface area contributed by atoms with Crippen LogP contribution in [0.5, 0.6) is 0 Å². The Bertz CT molecular complexity index is 192. The average molecular weight is 226 g/mol. The van der Waals surface area contributed by atoms with Crippen molar-refractivity contribution >= 4 is 0 Å². The molecular formula is C13H26N2O. The number of rotatable bonds is 5. The molecule has 3 unspecified atom stereocenters. The Morgan fingerprint density at radius 3 is 2.56 bits per heavy atom. The largest absolute Gasteiger partial charge is 0.381 e. The Morgan fingerprint density at radius 2 is 1.88 bits per heavy atom. The Kier molecular flexibility index (Phi) is 5.07. The van der Waals surface area contributed by atoms with Gasteiger partial charge in [-0.05, 0) is 50.1 Å². The van der Waals surface area contributed by atoms with Crippen molar-refractivity contribution < 1.29 is 4.74 Å². The van der Waals surface area contributed by atoms with Gasteiger partial charge >= 0.3 is 0 Å². The monoisotopic (exact) mass is 226 g/mol. The van der Waals surface area contributed by atoms with Crippen LogP contribution >= 0.6 is 0 Å². The summed E-state index contributed by atoms with van der Waals surface area (Å²) in [5.41, 5.74) is 5.84. The maximum absolute atomic E-state index is 5.84. The molecule has 2 rings (SSSR count). The van der Waals surface area contributed by atoms with Crippen LogP contribution in [0.3, 0.4) is 0 Å². The predicted molar refractivity (Wildman–Crippen MR) is 66.3 cm³/mol. The van der Waals surface area contributed by atoms with Crippen molar-refractivity contribution in [3.63, 3.8) is 0 Å². The van der Waals surface area contributed by atoms with Gasteiger partial charge in [0, 0.05) is 13.2 Å². The van der Waals surface area contributed by atoms with Gasteiger partial charge in [-0.25, -0.2) is 0 Å². The molecule has 1 aliphatic carbocycles. The number of nitrogens with one attached hydrogen (secondary N) is 1. The molecule has 1 heterocycles. The van der Waals surface area contributed by atoms with Gasteiger partial charge in [0.1, 0.15) is 0 Å². The lowest BCUT2D eigenvalue weighted by molar-refractivity contribution is 0.183. The second-order valence-electron chi connectivity index (χ2n) is 5.43. The first kappa shape index (κ1) is 12.3. The fourth-order valence-electron chi connectivity index (χ4n) is 3.08. The normalized spacial score (nSPS) is 35.4. The highest BCUT2D eigenvalue weighted by Crippen LogP contribution is 2.28. The van der Waals surface area contributed by atoms with Crippen LogP contribution < -0.4 is 11.1 Å². The smallest absolute Gasteiger partial charge is 0.0507 e. The van der Waals surface area contributed by atoms with Crippen molar-refractivity contribution in [3.8, 4) is 0 Å². The zero-order chi connectivity index (χ0) is 11.2. The third kappa shape index (κ3) is 3.44. The minimum Gasteiger partial charge on any atom is -0.381 e. The number of hydrogen-bond donors (Lipinski definition) is 2. The van der Waals surface area contributed by atoms with Crippen LogP contribution in [0.4, 0.5) is 0 Å². The fourth-order valence-corrected chi connectivity index (χ4v) is 3.08. The summed E-state index contributed by atoms with van der Waals surface area (Å²) in [6, 6.07) is 0. The van der Waals surface area contributed by atoms with E-state index < -0.39 is 0 Å². The molecule has 1 aliphatic heterocycles. The summed E-state index contributed by atoms with van der Waals surface area (Å²) in [5.74, 6) is 2.34. The maximum Gasteiger partial charge on any atom is 0.0507 e. The van der Waals surface area contributed by atoms with E-state index in [1.165, 1.54) is 38.6 Å². The molecule has 2 fully saturated rings. The van der Waals surface area contributed by atoms with Gasteiger partial charge in [-0.15, -0.1) is 0 Å². The van der Waals surface area contributed by atoms with E-state index in [1.807, 2.05) is 0 Å². The van der Waals surface area contributed by atoms with Gasteiger partial charge in [0.15, 0.2) is 0 Å². The van der Waals surface area contributed by atoms with Crippen molar-refractivity contribution in [1.82, 2.24) is 5.32 Å². The maximum atomic E-state index is 5.84. The lowest BCUT2D eigenvalue weighted by Crippen LogP contribution is -2.36. The Labute approximate surface area is 99.1 Å². The Hall–Kier alpha value is -0.120. The SMILES string of the molecule is NCC1CCCCC1CNCC1CCOC1. The van der Waals surface area contributed by atoms with Crippen LogP contribution in [-0.4, -0.2) is 32.8 Å². The summed E-state index contributed by atoms with van der Waals surface area (Å²) < 4.78 is 5.38. The molecule has 3 N–H and O–H groups in total. The van der Waals surface area contributed by atoms with E-state index in [2.05, 4.69) is 5.32 Å². The van der Waals surface area contributed by atoms with Gasteiger partial charge in [0.25, 0.3) is 0 Å². The zero-order valence-electron chi connectivity index (χ0n) is 10.3. The van der Waals surface area contributed by atoms with Crippen LogP contribution in [0.25, 0.3) is 0 Å². The van der Waals surface area contributed by atoms with Crippen LogP contribution in [-0.2, 0) is 4.74 Å². The summed E-state index contributed by atoms with van der Waals surface area (Å²) in [4.78, 5) is 0. The highest BCUT2D eigenvalue weighted by atomic mass is 16.5. The molecule has 94 valence electrons. The molecule has 0 aromatic carbocycles. The molecule has 0 spiro atoms. The Balaban J connectivity index is 1.63. The molecule has 0 aromatic heterocycles. The van der Waals surface area contributed by atoms with Gasteiger partial charge in [0.2, 0.25) is 0 Å². The van der Waals surface area contributed by atoms with E-state index in [1.54, 1.807) is 0 Å². The molecule has 3 atom stereocenters. The topological polar surface area (TPSA) is 47.3 Å². The third-order valence-corrected chi connectivity index (χ3v) is 4.23. The lowest BCUT2D eigenvalue weighted by Gasteiger charge is -2.31. The molecule has 16 heavy (non-hydrogen) atoms. The first-order valence-electron chi connectivity index (χ1n) is 6.88. The molecular weight excluding hydrogens is 200 g/mol. The summed E-state index contributed by atoms with van der Waals surface area (Å²) >= 11 is 0. The Morgan fingerprint density at radius 1 is 1.06 bits per heavy atom. The van der Waals surface area contributed by atoms with Crippen molar-refractivity contribution in [1.29, 1.82) is 0 Å². The summed E-state index contributed by atoms with van der Waals surface area (Å²) in [5, 5.41) is 3.63. The minimum absolute atomic E-state index is 0.750. The molecule has 3 heteroatoms. The quantitative estimate of drug-likeness (QED) is 0.744. The highest BCUT2D eigenvalue weighted by molar-refractivity contribution is 4.78. The van der Waals surface area contributed by atoms with Crippen LogP contribution in [0.2, 0.25) is 0 Å². The molecule has 1 saturated heterocycles. The molecule has 0 amide bonds. The molecule has 0 radical (unpaired) electrons. The fraction of sp³-hybridized carbons (Fsp3) is 1.00. The van der Waals surface area contributed by atoms with Crippen molar-refractivity contribution in [2.75, 3.05) is 32.8 Å². The van der Waals surface area contributed by atoms with Crippen molar-refractivity contribution in [2.45, 2.75) is 32.1 Å². The summed E-state index contributed by atoms with van der Waals surface area (Å²) in [6.45, 7) is 5.09. The van der Waals surface area contributed by atoms with E-state index >= 15 is 0 Å². The highest BCUT2D eigenvalue weighted by Gasteiger charge is 2.24. The van der Waals surface area contributed by atoms with Gasteiger partial charge in [-0.2, -0.15) is 0 Å².